The van der Waals surface area contributed by atoms with Crippen LogP contribution in [0.2, 0.25) is 0 Å². The molecule has 0 spiro atoms. The SMILES string of the molecule is CCOC(=O)CCCCCCN=C(N)N(C)C1CC1.I. The molecule has 5 nitrogen and oxygen atoms in total. The second-order valence-corrected chi connectivity index (χ2v) is 5.05. The van der Waals surface area contributed by atoms with Crippen LogP contribution >= 0.6 is 24.0 Å². The van der Waals surface area contributed by atoms with Crippen LogP contribution in [0.5, 0.6) is 0 Å². The summed E-state index contributed by atoms with van der Waals surface area (Å²) in [6, 6.07) is 0.619. The van der Waals surface area contributed by atoms with Crippen molar-refractivity contribution in [1.29, 1.82) is 0 Å². The lowest BCUT2D eigenvalue weighted by molar-refractivity contribution is -0.143. The summed E-state index contributed by atoms with van der Waals surface area (Å²) in [5.41, 5.74) is 5.89. The normalized spacial score (nSPS) is 14.6. The molecule has 0 aliphatic heterocycles. The first-order valence-electron chi connectivity index (χ1n) is 7.33. The Morgan fingerprint density at radius 3 is 2.55 bits per heavy atom. The molecule has 0 amide bonds. The predicted molar refractivity (Wildman–Crippen MR) is 92.4 cm³/mol. The smallest absolute Gasteiger partial charge is 0.305 e. The Labute approximate surface area is 139 Å². The number of guanidine groups is 1. The van der Waals surface area contributed by atoms with Gasteiger partial charge < -0.3 is 15.4 Å². The molecule has 1 rings (SSSR count). The molecule has 0 aromatic carbocycles. The number of nitrogens with two attached hydrogens (primary N) is 1. The summed E-state index contributed by atoms with van der Waals surface area (Å²) in [7, 11) is 2.01. The molecule has 1 fully saturated rings. The number of nitrogens with zero attached hydrogens (tertiary/aromatic N) is 2. The quantitative estimate of drug-likeness (QED) is 0.214. The number of unbranched alkanes of at least 4 members (excludes halogenated alkanes) is 3. The summed E-state index contributed by atoms with van der Waals surface area (Å²) in [5.74, 6) is 0.574. The summed E-state index contributed by atoms with van der Waals surface area (Å²) in [5, 5.41) is 0. The number of carbonyl (C=O) groups excluding carboxylic acids is 1. The molecule has 1 aliphatic carbocycles. The summed E-state index contributed by atoms with van der Waals surface area (Å²) < 4.78 is 4.87. The zero-order chi connectivity index (χ0) is 14.1. The Hall–Kier alpha value is -0.530. The number of carbonyl (C=O) groups is 1. The number of halogens is 1. The van der Waals surface area contributed by atoms with Crippen LogP contribution in [0.1, 0.15) is 51.9 Å². The van der Waals surface area contributed by atoms with Gasteiger partial charge in [-0.1, -0.05) is 12.8 Å². The first kappa shape index (κ1) is 19.5. The van der Waals surface area contributed by atoms with E-state index in [4.69, 9.17) is 10.5 Å². The number of esters is 1. The Morgan fingerprint density at radius 2 is 1.95 bits per heavy atom. The molecule has 1 aliphatic rings. The molecule has 0 heterocycles. The van der Waals surface area contributed by atoms with E-state index in [-0.39, 0.29) is 29.9 Å². The van der Waals surface area contributed by atoms with Crippen molar-refractivity contribution in [2.75, 3.05) is 20.2 Å². The third-order valence-corrected chi connectivity index (χ3v) is 3.32. The minimum atomic E-state index is -0.0872. The molecule has 2 N–H and O–H groups in total. The molecule has 0 bridgehead atoms. The van der Waals surface area contributed by atoms with E-state index in [0.717, 1.165) is 32.2 Å². The molecule has 20 heavy (non-hydrogen) atoms. The summed E-state index contributed by atoms with van der Waals surface area (Å²) >= 11 is 0. The van der Waals surface area contributed by atoms with Crippen molar-refractivity contribution in [3.8, 4) is 0 Å². The van der Waals surface area contributed by atoms with Gasteiger partial charge in [0.25, 0.3) is 0 Å². The lowest BCUT2D eigenvalue weighted by Gasteiger charge is -2.16. The molecular weight excluding hydrogens is 369 g/mol. The van der Waals surface area contributed by atoms with Gasteiger partial charge in [-0.2, -0.15) is 0 Å². The first-order valence-corrected chi connectivity index (χ1v) is 7.33. The number of hydrogen-bond donors (Lipinski definition) is 1. The van der Waals surface area contributed by atoms with Crippen LogP contribution in [-0.2, 0) is 9.53 Å². The van der Waals surface area contributed by atoms with E-state index in [0.29, 0.717) is 25.0 Å². The van der Waals surface area contributed by atoms with E-state index >= 15 is 0 Å². The van der Waals surface area contributed by atoms with Gasteiger partial charge in [-0.25, -0.2) is 0 Å². The maximum atomic E-state index is 11.1. The van der Waals surface area contributed by atoms with Gasteiger partial charge in [-0.05, 0) is 32.6 Å². The molecule has 0 saturated heterocycles. The Balaban J connectivity index is 0.00000361. The number of rotatable bonds is 9. The largest absolute Gasteiger partial charge is 0.466 e. The Kier molecular flexibility index (Phi) is 10.9. The highest BCUT2D eigenvalue weighted by Gasteiger charge is 2.27. The highest BCUT2D eigenvalue weighted by atomic mass is 127. The summed E-state index contributed by atoms with van der Waals surface area (Å²) in [6.45, 7) is 3.09. The molecule has 6 heteroatoms. The molecule has 0 aromatic rings. The van der Waals surface area contributed by atoms with E-state index in [9.17, 15) is 4.79 Å². The maximum absolute atomic E-state index is 11.1. The topological polar surface area (TPSA) is 67.9 Å². The zero-order valence-electron chi connectivity index (χ0n) is 12.6. The van der Waals surface area contributed by atoms with E-state index < -0.39 is 0 Å². The van der Waals surface area contributed by atoms with Gasteiger partial charge in [0.2, 0.25) is 0 Å². The molecule has 1 saturated carbocycles. The second-order valence-electron chi connectivity index (χ2n) is 5.05. The van der Waals surface area contributed by atoms with E-state index in [1.807, 2.05) is 14.0 Å². The second kappa shape index (κ2) is 11.2. The highest BCUT2D eigenvalue weighted by molar-refractivity contribution is 14.0. The fourth-order valence-electron chi connectivity index (χ4n) is 1.92. The molecule has 0 atom stereocenters. The van der Waals surface area contributed by atoms with E-state index in [2.05, 4.69) is 9.89 Å². The van der Waals surface area contributed by atoms with Crippen LogP contribution < -0.4 is 5.73 Å². The number of aliphatic imine (C=N–C) groups is 1. The highest BCUT2D eigenvalue weighted by Crippen LogP contribution is 2.24. The number of ether oxygens (including phenoxy) is 1. The standard InChI is InChI=1S/C14H27N3O2.HI/c1-3-19-13(18)8-6-4-5-7-11-16-14(15)17(2)12-9-10-12;/h12H,3-11H2,1-2H3,(H2,15,16);1H. The maximum Gasteiger partial charge on any atom is 0.305 e. The van der Waals surface area contributed by atoms with Crippen molar-refractivity contribution < 1.29 is 9.53 Å². The average Bonchev–Trinajstić information content (AvgIpc) is 3.21. The van der Waals surface area contributed by atoms with Gasteiger partial charge in [0.05, 0.1) is 6.61 Å². The number of hydrogen-bond acceptors (Lipinski definition) is 3. The van der Waals surface area contributed by atoms with Crippen molar-refractivity contribution in [3.05, 3.63) is 0 Å². The minimum Gasteiger partial charge on any atom is -0.466 e. The lowest BCUT2D eigenvalue weighted by atomic mass is 10.1. The third kappa shape index (κ3) is 8.60. The summed E-state index contributed by atoms with van der Waals surface area (Å²) in [6.07, 6.45) is 7.07. The van der Waals surface area contributed by atoms with Crippen LogP contribution in [0.4, 0.5) is 0 Å². The van der Waals surface area contributed by atoms with Gasteiger partial charge in [0.1, 0.15) is 0 Å². The van der Waals surface area contributed by atoms with Crippen molar-refractivity contribution in [2.24, 2.45) is 10.7 Å². The van der Waals surface area contributed by atoms with Crippen molar-refractivity contribution in [3.63, 3.8) is 0 Å². The summed E-state index contributed by atoms with van der Waals surface area (Å²) in [4.78, 5) is 17.5. The van der Waals surface area contributed by atoms with E-state index in [1.54, 1.807) is 0 Å². The molecule has 118 valence electrons. The van der Waals surface area contributed by atoms with Crippen LogP contribution in [0.15, 0.2) is 4.99 Å². The molecule has 0 radical (unpaired) electrons. The van der Waals surface area contributed by atoms with Gasteiger partial charge in [0, 0.05) is 26.1 Å². The van der Waals surface area contributed by atoms with Crippen molar-refractivity contribution in [2.45, 2.75) is 57.9 Å². The Morgan fingerprint density at radius 1 is 1.30 bits per heavy atom. The minimum absolute atomic E-state index is 0. The van der Waals surface area contributed by atoms with Crippen molar-refractivity contribution >= 4 is 35.9 Å². The first-order chi connectivity index (χ1) is 9.15. The van der Waals surface area contributed by atoms with Crippen LogP contribution in [0, 0.1) is 0 Å². The average molecular weight is 397 g/mol. The third-order valence-electron chi connectivity index (χ3n) is 3.32. The van der Waals surface area contributed by atoms with Gasteiger partial charge >= 0.3 is 5.97 Å². The van der Waals surface area contributed by atoms with Crippen LogP contribution in [0.3, 0.4) is 0 Å². The van der Waals surface area contributed by atoms with Gasteiger partial charge in [-0.3, -0.25) is 9.79 Å². The van der Waals surface area contributed by atoms with Gasteiger partial charge in [-0.15, -0.1) is 24.0 Å². The van der Waals surface area contributed by atoms with Gasteiger partial charge in [0.15, 0.2) is 5.96 Å². The molecule has 0 aromatic heterocycles. The van der Waals surface area contributed by atoms with Crippen molar-refractivity contribution in [1.82, 2.24) is 4.90 Å². The van der Waals surface area contributed by atoms with Crippen LogP contribution in [-0.4, -0.2) is 43.1 Å². The molecular formula is C14H28IN3O2. The fraction of sp³-hybridized carbons (Fsp3) is 0.857. The van der Waals surface area contributed by atoms with Crippen LogP contribution in [0.25, 0.3) is 0 Å². The van der Waals surface area contributed by atoms with E-state index in [1.165, 1.54) is 12.8 Å². The lowest BCUT2D eigenvalue weighted by Crippen LogP contribution is -2.35. The zero-order valence-corrected chi connectivity index (χ0v) is 15.0. The Bertz CT molecular complexity index is 307. The molecule has 0 unspecified atom stereocenters. The fourth-order valence-corrected chi connectivity index (χ4v) is 1.92. The predicted octanol–water partition coefficient (Wildman–Crippen LogP) is 2.53. The monoisotopic (exact) mass is 397 g/mol.